The van der Waals surface area contributed by atoms with Gasteiger partial charge in [-0.1, -0.05) is 12.1 Å². The lowest BCUT2D eigenvalue weighted by atomic mass is 10.0. The van der Waals surface area contributed by atoms with Crippen LogP contribution in [0.1, 0.15) is 18.4 Å². The third kappa shape index (κ3) is 3.93. The highest BCUT2D eigenvalue weighted by molar-refractivity contribution is 5.26. The highest BCUT2D eigenvalue weighted by Gasteiger charge is 2.41. The van der Waals surface area contributed by atoms with Crippen LogP contribution in [0.5, 0.6) is 11.5 Å². The van der Waals surface area contributed by atoms with Gasteiger partial charge in [-0.3, -0.25) is 0 Å². The summed E-state index contributed by atoms with van der Waals surface area (Å²) in [4.78, 5) is 6.19. The van der Waals surface area contributed by atoms with Gasteiger partial charge in [0.25, 0.3) is 0 Å². The molecule has 1 saturated heterocycles. The first kappa shape index (κ1) is 16.3. The van der Waals surface area contributed by atoms with Crippen LogP contribution < -0.4 is 4.74 Å². The lowest BCUT2D eigenvalue weighted by Gasteiger charge is -2.19. The maximum Gasteiger partial charge on any atom is 0.213 e. The minimum absolute atomic E-state index is 0.224. The monoisotopic (exact) mass is 342 g/mol. The summed E-state index contributed by atoms with van der Waals surface area (Å²) in [6, 6.07) is 10.5. The summed E-state index contributed by atoms with van der Waals surface area (Å²) in [5.41, 5.74) is 1.26. The van der Waals surface area contributed by atoms with E-state index >= 15 is 0 Å². The fourth-order valence-corrected chi connectivity index (χ4v) is 4.19. The zero-order valence-corrected chi connectivity index (χ0v) is 14.1. The molecule has 2 fully saturated rings. The fourth-order valence-electron chi connectivity index (χ4n) is 4.19. The van der Waals surface area contributed by atoms with E-state index < -0.39 is 5.95 Å². The Bertz CT molecular complexity index is 691. The molecule has 5 heteroatoms. The number of likely N-dealkylation sites (tertiary alicyclic amines) is 1. The summed E-state index contributed by atoms with van der Waals surface area (Å²) in [7, 11) is 0. The molecule has 1 aromatic carbocycles. The topological polar surface area (TPSA) is 45.6 Å². The molecule has 25 heavy (non-hydrogen) atoms. The quantitative estimate of drug-likeness (QED) is 0.847. The Morgan fingerprint density at radius 1 is 1.08 bits per heavy atom. The minimum atomic E-state index is -0.472. The molecule has 1 aromatic heterocycles. The Hall–Kier alpha value is -2.14. The number of benzene rings is 1. The Balaban J connectivity index is 1.24. The van der Waals surface area contributed by atoms with Crippen LogP contribution in [-0.4, -0.2) is 40.7 Å². The number of hydrogen-bond acceptors (Lipinski definition) is 4. The Morgan fingerprint density at radius 2 is 1.80 bits per heavy atom. The first-order valence-electron chi connectivity index (χ1n) is 8.94. The van der Waals surface area contributed by atoms with Crippen LogP contribution in [0, 0.1) is 17.8 Å². The molecule has 2 aromatic rings. The molecular weight excluding hydrogens is 319 g/mol. The smallest absolute Gasteiger partial charge is 0.213 e. The van der Waals surface area contributed by atoms with E-state index in [-0.39, 0.29) is 6.10 Å². The molecule has 4 nitrogen and oxygen atoms in total. The molecule has 1 aliphatic heterocycles. The molecular formula is C20H23FN2O2. The van der Waals surface area contributed by atoms with Gasteiger partial charge < -0.3 is 14.7 Å². The number of aromatic hydroxyl groups is 1. The normalized spacial score (nSPS) is 25.9. The molecule has 1 aliphatic carbocycles. The largest absolute Gasteiger partial charge is 0.508 e. The minimum Gasteiger partial charge on any atom is -0.508 e. The maximum absolute atomic E-state index is 12.9. The Morgan fingerprint density at radius 3 is 2.44 bits per heavy atom. The third-order valence-electron chi connectivity index (χ3n) is 5.44. The van der Waals surface area contributed by atoms with Crippen LogP contribution in [0.15, 0.2) is 42.6 Å². The molecule has 2 heterocycles. The number of hydrogen-bond donors (Lipinski definition) is 1. The van der Waals surface area contributed by atoms with Crippen LogP contribution in [0.3, 0.4) is 0 Å². The van der Waals surface area contributed by atoms with Gasteiger partial charge in [0.05, 0.1) is 12.3 Å². The summed E-state index contributed by atoms with van der Waals surface area (Å²) in [5.74, 6) is 1.90. The molecule has 132 valence electrons. The molecule has 3 atom stereocenters. The van der Waals surface area contributed by atoms with Gasteiger partial charge in [-0.05, 0) is 60.9 Å². The molecule has 1 saturated carbocycles. The highest BCUT2D eigenvalue weighted by Crippen LogP contribution is 2.39. The van der Waals surface area contributed by atoms with Crippen molar-refractivity contribution in [1.82, 2.24) is 9.88 Å². The second-order valence-corrected chi connectivity index (χ2v) is 7.22. The molecule has 4 rings (SSSR count). The molecule has 0 amide bonds. The number of halogens is 1. The lowest BCUT2D eigenvalue weighted by molar-refractivity contribution is 0.185. The van der Waals surface area contributed by atoms with Gasteiger partial charge in [0.15, 0.2) is 0 Å². The second-order valence-electron chi connectivity index (χ2n) is 7.22. The number of pyridine rings is 1. The maximum atomic E-state index is 12.9. The van der Waals surface area contributed by atoms with E-state index in [1.807, 2.05) is 12.1 Å². The van der Waals surface area contributed by atoms with Crippen molar-refractivity contribution in [2.45, 2.75) is 25.4 Å². The van der Waals surface area contributed by atoms with Crippen molar-refractivity contribution in [3.63, 3.8) is 0 Å². The van der Waals surface area contributed by atoms with Crippen LogP contribution in [-0.2, 0) is 6.42 Å². The van der Waals surface area contributed by atoms with Crippen molar-refractivity contribution in [3.8, 4) is 11.5 Å². The summed E-state index contributed by atoms with van der Waals surface area (Å²) < 4.78 is 18.8. The van der Waals surface area contributed by atoms with E-state index in [2.05, 4.69) is 9.88 Å². The van der Waals surface area contributed by atoms with Gasteiger partial charge in [0.1, 0.15) is 11.5 Å². The Labute approximate surface area is 147 Å². The Kier molecular flexibility index (Phi) is 4.57. The molecule has 1 N–H and O–H groups in total. The number of phenols is 1. The SMILES string of the molecule is Oc1ccc(CCN2C[C@H]3C[C@H](Oc4ccc(F)nc4)C[C@H]3C2)cc1. The van der Waals surface area contributed by atoms with Crippen molar-refractivity contribution >= 4 is 0 Å². The van der Waals surface area contributed by atoms with Crippen LogP contribution in [0.2, 0.25) is 0 Å². The summed E-state index contributed by atoms with van der Waals surface area (Å²) in [5, 5.41) is 9.34. The summed E-state index contributed by atoms with van der Waals surface area (Å²) >= 11 is 0. The predicted molar refractivity (Wildman–Crippen MR) is 93.1 cm³/mol. The number of aromatic nitrogens is 1. The van der Waals surface area contributed by atoms with Gasteiger partial charge in [-0.15, -0.1) is 0 Å². The summed E-state index contributed by atoms with van der Waals surface area (Å²) in [6.45, 7) is 3.32. The van der Waals surface area contributed by atoms with Crippen molar-refractivity contribution < 1.29 is 14.2 Å². The first-order valence-corrected chi connectivity index (χ1v) is 8.94. The van der Waals surface area contributed by atoms with Crippen molar-refractivity contribution in [2.75, 3.05) is 19.6 Å². The van der Waals surface area contributed by atoms with Crippen LogP contribution >= 0.6 is 0 Å². The molecule has 0 radical (unpaired) electrons. The molecule has 0 unspecified atom stereocenters. The standard InChI is InChI=1S/C20H23FN2O2/c21-20-6-5-18(11-22-20)25-19-9-15-12-23(13-16(15)10-19)8-7-14-1-3-17(24)4-2-14/h1-6,11,15-16,19,24H,7-10,12-13H2/t15-,16+,19+. The fraction of sp³-hybridized carbons (Fsp3) is 0.450. The predicted octanol–water partition coefficient (Wildman–Crippen LogP) is 3.26. The van der Waals surface area contributed by atoms with E-state index in [1.165, 1.54) is 17.8 Å². The first-order chi connectivity index (χ1) is 12.2. The molecule has 0 bridgehead atoms. The third-order valence-corrected chi connectivity index (χ3v) is 5.44. The average Bonchev–Trinajstić information content (AvgIpc) is 3.14. The number of phenolic OH excluding ortho intramolecular Hbond substituents is 1. The zero-order chi connectivity index (χ0) is 17.2. The van der Waals surface area contributed by atoms with Gasteiger partial charge in [0, 0.05) is 19.6 Å². The lowest BCUT2D eigenvalue weighted by Crippen LogP contribution is -2.26. The number of nitrogens with zero attached hydrogens (tertiary/aromatic N) is 2. The van der Waals surface area contributed by atoms with E-state index in [1.54, 1.807) is 18.2 Å². The van der Waals surface area contributed by atoms with Gasteiger partial charge in [-0.2, -0.15) is 4.39 Å². The van der Waals surface area contributed by atoms with E-state index in [0.717, 1.165) is 38.9 Å². The van der Waals surface area contributed by atoms with Crippen LogP contribution in [0.4, 0.5) is 4.39 Å². The molecule has 0 spiro atoms. The van der Waals surface area contributed by atoms with E-state index in [4.69, 9.17) is 4.74 Å². The number of rotatable bonds is 5. The number of fused-ring (bicyclic) bond motifs is 1. The van der Waals surface area contributed by atoms with E-state index in [0.29, 0.717) is 23.3 Å². The summed E-state index contributed by atoms with van der Waals surface area (Å²) in [6.07, 6.45) is 4.84. The highest BCUT2D eigenvalue weighted by atomic mass is 19.1. The van der Waals surface area contributed by atoms with Crippen LogP contribution in [0.25, 0.3) is 0 Å². The number of ether oxygens (including phenoxy) is 1. The van der Waals surface area contributed by atoms with Crippen molar-refractivity contribution in [2.24, 2.45) is 11.8 Å². The molecule has 2 aliphatic rings. The van der Waals surface area contributed by atoms with Crippen molar-refractivity contribution in [1.29, 1.82) is 0 Å². The zero-order valence-electron chi connectivity index (χ0n) is 14.1. The van der Waals surface area contributed by atoms with Gasteiger partial charge in [-0.25, -0.2) is 4.98 Å². The van der Waals surface area contributed by atoms with Crippen molar-refractivity contribution in [3.05, 3.63) is 54.1 Å². The average molecular weight is 342 g/mol. The van der Waals surface area contributed by atoms with E-state index in [9.17, 15) is 9.50 Å². The van der Waals surface area contributed by atoms with Gasteiger partial charge in [0.2, 0.25) is 5.95 Å². The second kappa shape index (κ2) is 7.00. The van der Waals surface area contributed by atoms with Gasteiger partial charge >= 0.3 is 0 Å².